The van der Waals surface area contributed by atoms with Crippen LogP contribution in [0.15, 0.2) is 28.9 Å². The fourth-order valence-corrected chi connectivity index (χ4v) is 2.12. The first-order valence-electron chi connectivity index (χ1n) is 6.33. The number of ether oxygens (including phenoxy) is 2. The number of hydrogen-bond acceptors (Lipinski definition) is 5. The second-order valence-corrected chi connectivity index (χ2v) is 4.61. The second kappa shape index (κ2) is 4.84. The summed E-state index contributed by atoms with van der Waals surface area (Å²) in [6.45, 7) is 0. The van der Waals surface area contributed by atoms with Crippen molar-refractivity contribution in [2.45, 2.75) is 25.4 Å². The van der Waals surface area contributed by atoms with E-state index in [1.54, 1.807) is 13.3 Å². The number of nitrogens with zero attached hydrogens (tertiary/aromatic N) is 1. The highest BCUT2D eigenvalue weighted by molar-refractivity contribution is 5.79. The van der Waals surface area contributed by atoms with Crippen LogP contribution in [0.25, 0.3) is 11.1 Å². The Labute approximate surface area is 111 Å². The maximum absolute atomic E-state index is 6.03. The molecule has 0 aliphatic heterocycles. The molecule has 0 bridgehead atoms. The van der Waals surface area contributed by atoms with E-state index in [9.17, 15) is 0 Å². The lowest BCUT2D eigenvalue weighted by Crippen LogP contribution is -2.25. The van der Waals surface area contributed by atoms with E-state index in [0.717, 1.165) is 24.0 Å². The van der Waals surface area contributed by atoms with Gasteiger partial charge in [0.15, 0.2) is 11.5 Å². The number of anilines is 1. The zero-order chi connectivity index (χ0) is 13.2. The van der Waals surface area contributed by atoms with Gasteiger partial charge in [0, 0.05) is 5.56 Å². The van der Waals surface area contributed by atoms with E-state index in [0.29, 0.717) is 11.5 Å². The van der Waals surface area contributed by atoms with Crippen LogP contribution in [0, 0.1) is 0 Å². The Morgan fingerprint density at radius 1 is 1.32 bits per heavy atom. The van der Waals surface area contributed by atoms with Gasteiger partial charge in [-0.2, -0.15) is 0 Å². The van der Waals surface area contributed by atoms with E-state index in [4.69, 9.17) is 19.7 Å². The van der Waals surface area contributed by atoms with E-state index in [1.165, 1.54) is 6.42 Å². The topological polar surface area (TPSA) is 70.5 Å². The average molecular weight is 260 g/mol. The molecule has 5 nitrogen and oxygen atoms in total. The molecule has 1 saturated carbocycles. The quantitative estimate of drug-likeness (QED) is 0.915. The molecule has 1 heterocycles. The van der Waals surface area contributed by atoms with Gasteiger partial charge in [0.1, 0.15) is 0 Å². The van der Waals surface area contributed by atoms with Gasteiger partial charge >= 0.3 is 0 Å². The minimum absolute atomic E-state index is 0.260. The van der Waals surface area contributed by atoms with Gasteiger partial charge in [-0.05, 0) is 25.3 Å². The van der Waals surface area contributed by atoms with Gasteiger partial charge in [-0.25, -0.2) is 0 Å². The molecule has 0 spiro atoms. The van der Waals surface area contributed by atoms with Crippen LogP contribution in [-0.2, 0) is 0 Å². The predicted molar refractivity (Wildman–Crippen MR) is 71.2 cm³/mol. The van der Waals surface area contributed by atoms with Crippen molar-refractivity contribution in [3.8, 4) is 22.6 Å². The van der Waals surface area contributed by atoms with Crippen molar-refractivity contribution in [3.63, 3.8) is 0 Å². The second-order valence-electron chi connectivity index (χ2n) is 4.61. The maximum Gasteiger partial charge on any atom is 0.230 e. The van der Waals surface area contributed by atoms with Gasteiger partial charge in [-0.1, -0.05) is 17.3 Å². The van der Waals surface area contributed by atoms with Crippen LogP contribution in [0.5, 0.6) is 11.5 Å². The van der Waals surface area contributed by atoms with Gasteiger partial charge < -0.3 is 19.7 Å². The molecule has 1 aliphatic carbocycles. The first-order chi connectivity index (χ1) is 9.29. The molecule has 3 rings (SSSR count). The third-order valence-corrected chi connectivity index (χ3v) is 3.42. The first kappa shape index (κ1) is 11.9. The third-order valence-electron chi connectivity index (χ3n) is 3.42. The summed E-state index contributed by atoms with van der Waals surface area (Å²) in [7, 11) is 1.63. The van der Waals surface area contributed by atoms with Crippen molar-refractivity contribution in [1.82, 2.24) is 5.16 Å². The fourth-order valence-electron chi connectivity index (χ4n) is 2.12. The Morgan fingerprint density at radius 2 is 2.16 bits per heavy atom. The molecule has 100 valence electrons. The largest absolute Gasteiger partial charge is 0.493 e. The predicted octanol–water partition coefficient (Wildman–Crippen LogP) is 2.86. The molecule has 1 aromatic heterocycles. The number of nitrogen functional groups attached to an aromatic ring is 1. The molecule has 1 aliphatic rings. The molecule has 2 aromatic rings. The zero-order valence-electron chi connectivity index (χ0n) is 10.8. The van der Waals surface area contributed by atoms with Crippen molar-refractivity contribution in [2.24, 2.45) is 0 Å². The summed E-state index contributed by atoms with van der Waals surface area (Å²) in [5.41, 5.74) is 7.37. The number of nitrogens with two attached hydrogens (primary N) is 1. The van der Waals surface area contributed by atoms with Crippen molar-refractivity contribution >= 4 is 5.88 Å². The molecule has 0 unspecified atom stereocenters. The highest BCUT2D eigenvalue weighted by atomic mass is 16.5. The lowest BCUT2D eigenvalue weighted by atomic mass is 9.96. The zero-order valence-corrected chi connectivity index (χ0v) is 10.8. The third kappa shape index (κ3) is 2.12. The van der Waals surface area contributed by atoms with Gasteiger partial charge in [-0.15, -0.1) is 0 Å². The summed E-state index contributed by atoms with van der Waals surface area (Å²) in [4.78, 5) is 0. The standard InChI is InChI=1S/C14H16N2O3/c1-17-12-7-3-6-10(11-8-16-19-14(11)15)13(12)18-9-4-2-5-9/h3,6-9H,2,4-5,15H2,1H3. The smallest absolute Gasteiger partial charge is 0.230 e. The molecule has 19 heavy (non-hydrogen) atoms. The Morgan fingerprint density at radius 3 is 2.74 bits per heavy atom. The summed E-state index contributed by atoms with van der Waals surface area (Å²) in [5, 5.41) is 3.71. The Hall–Kier alpha value is -2.17. The van der Waals surface area contributed by atoms with E-state index < -0.39 is 0 Å². The van der Waals surface area contributed by atoms with Gasteiger partial charge in [-0.3, -0.25) is 0 Å². The average Bonchev–Trinajstić information content (AvgIpc) is 2.79. The lowest BCUT2D eigenvalue weighted by molar-refractivity contribution is 0.117. The monoisotopic (exact) mass is 260 g/mol. The summed E-state index contributed by atoms with van der Waals surface area (Å²) in [6.07, 6.45) is 5.23. The van der Waals surface area contributed by atoms with Crippen LogP contribution in [-0.4, -0.2) is 18.4 Å². The number of para-hydroxylation sites is 1. The Bertz CT molecular complexity index is 576. The van der Waals surface area contributed by atoms with E-state index in [1.807, 2.05) is 18.2 Å². The van der Waals surface area contributed by atoms with Crippen molar-refractivity contribution in [1.29, 1.82) is 0 Å². The summed E-state index contributed by atoms with van der Waals surface area (Å²) >= 11 is 0. The van der Waals surface area contributed by atoms with Crippen LogP contribution < -0.4 is 15.2 Å². The van der Waals surface area contributed by atoms with Crippen molar-refractivity contribution in [2.75, 3.05) is 12.8 Å². The number of rotatable bonds is 4. The highest BCUT2D eigenvalue weighted by Crippen LogP contribution is 2.42. The van der Waals surface area contributed by atoms with E-state index >= 15 is 0 Å². The molecule has 1 fully saturated rings. The molecule has 0 atom stereocenters. The van der Waals surface area contributed by atoms with E-state index in [-0.39, 0.29) is 12.0 Å². The lowest BCUT2D eigenvalue weighted by Gasteiger charge is -2.28. The minimum atomic E-state index is 0.260. The molecule has 0 saturated heterocycles. The SMILES string of the molecule is COc1cccc(-c2cnoc2N)c1OC1CCC1. The summed E-state index contributed by atoms with van der Waals surface area (Å²) in [5.74, 6) is 1.70. The highest BCUT2D eigenvalue weighted by Gasteiger charge is 2.24. The van der Waals surface area contributed by atoms with Crippen LogP contribution in [0.2, 0.25) is 0 Å². The van der Waals surface area contributed by atoms with Crippen LogP contribution >= 0.6 is 0 Å². The molecule has 0 amide bonds. The molecular formula is C14H16N2O3. The normalized spacial score (nSPS) is 15.0. The molecule has 5 heteroatoms. The van der Waals surface area contributed by atoms with Gasteiger partial charge in [0.2, 0.25) is 5.88 Å². The van der Waals surface area contributed by atoms with E-state index in [2.05, 4.69) is 5.16 Å². The number of benzene rings is 1. The van der Waals surface area contributed by atoms with Crippen LogP contribution in [0.1, 0.15) is 19.3 Å². The Balaban J connectivity index is 2.04. The molecule has 0 radical (unpaired) electrons. The summed E-state index contributed by atoms with van der Waals surface area (Å²) < 4.78 is 16.3. The summed E-state index contributed by atoms with van der Waals surface area (Å²) in [6, 6.07) is 5.70. The van der Waals surface area contributed by atoms with Crippen molar-refractivity contribution in [3.05, 3.63) is 24.4 Å². The van der Waals surface area contributed by atoms with Crippen LogP contribution in [0.4, 0.5) is 5.88 Å². The first-order valence-corrected chi connectivity index (χ1v) is 6.33. The fraction of sp³-hybridized carbons (Fsp3) is 0.357. The van der Waals surface area contributed by atoms with Gasteiger partial charge in [0.05, 0.1) is 25.0 Å². The van der Waals surface area contributed by atoms with Crippen molar-refractivity contribution < 1.29 is 14.0 Å². The molecular weight excluding hydrogens is 244 g/mol. The number of methoxy groups -OCH3 is 1. The van der Waals surface area contributed by atoms with Gasteiger partial charge in [0.25, 0.3) is 0 Å². The number of aromatic nitrogens is 1. The minimum Gasteiger partial charge on any atom is -0.493 e. The Kier molecular flexibility index (Phi) is 3.03. The number of hydrogen-bond donors (Lipinski definition) is 1. The maximum atomic E-state index is 6.03. The van der Waals surface area contributed by atoms with Crippen LogP contribution in [0.3, 0.4) is 0 Å². The molecule has 2 N–H and O–H groups in total. The molecule has 1 aromatic carbocycles.